The molecule has 1 atom stereocenters. The number of aryl methyl sites for hydroxylation is 1. The largest absolute Gasteiger partial charge is 0.382 e. The second-order valence-corrected chi connectivity index (χ2v) is 7.74. The van der Waals surface area contributed by atoms with Crippen LogP contribution in [0.25, 0.3) is 17.3 Å². The summed E-state index contributed by atoms with van der Waals surface area (Å²) >= 11 is 0. The third kappa shape index (κ3) is 3.95. The van der Waals surface area contributed by atoms with Crippen LogP contribution < -0.4 is 11.6 Å². The SMILES string of the molecule is CC(/C=C\c1nc(N)cn1N)c1c(-c2ccc(F)cc2)nn(C)c1C1CCOCC1. The fraction of sp³-hybridized carbons (Fsp3) is 0.364. The summed E-state index contributed by atoms with van der Waals surface area (Å²) in [6.07, 6.45) is 7.41. The molecule has 7 nitrogen and oxygen atoms in total. The lowest BCUT2D eigenvalue weighted by atomic mass is 9.86. The standard InChI is InChI=1S/C22H27FN6O/c1-14(3-8-19-26-18(24)13-29(19)25)20-21(15-4-6-17(23)7-5-15)27-28(2)22(20)16-9-11-30-12-10-16/h3-8,13-14,16H,9-12,24-25H2,1-2H3/b8-3-. The van der Waals surface area contributed by atoms with Crippen molar-refractivity contribution in [1.29, 1.82) is 0 Å². The summed E-state index contributed by atoms with van der Waals surface area (Å²) in [5.41, 5.74) is 9.83. The van der Waals surface area contributed by atoms with Crippen molar-refractivity contribution in [1.82, 2.24) is 19.4 Å². The van der Waals surface area contributed by atoms with Gasteiger partial charge in [-0.2, -0.15) is 5.10 Å². The van der Waals surface area contributed by atoms with E-state index in [0.717, 1.165) is 42.9 Å². The third-order valence-electron chi connectivity index (χ3n) is 5.62. The second-order valence-electron chi connectivity index (χ2n) is 7.74. The summed E-state index contributed by atoms with van der Waals surface area (Å²) in [7, 11) is 1.98. The van der Waals surface area contributed by atoms with Gasteiger partial charge in [-0.1, -0.05) is 13.0 Å². The zero-order chi connectivity index (χ0) is 21.3. The van der Waals surface area contributed by atoms with E-state index in [1.807, 2.05) is 17.8 Å². The Hall–Kier alpha value is -3.13. The van der Waals surface area contributed by atoms with Crippen molar-refractivity contribution in [3.05, 3.63) is 59.4 Å². The summed E-state index contributed by atoms with van der Waals surface area (Å²) in [5, 5.41) is 4.84. The number of rotatable bonds is 5. The van der Waals surface area contributed by atoms with Crippen molar-refractivity contribution in [2.75, 3.05) is 24.8 Å². The highest BCUT2D eigenvalue weighted by Crippen LogP contribution is 2.39. The first-order chi connectivity index (χ1) is 14.4. The van der Waals surface area contributed by atoms with Gasteiger partial charge in [0.05, 0.1) is 11.9 Å². The van der Waals surface area contributed by atoms with Gasteiger partial charge in [-0.25, -0.2) is 14.1 Å². The predicted octanol–water partition coefficient (Wildman–Crippen LogP) is 3.43. The Labute approximate surface area is 175 Å². The minimum atomic E-state index is -0.263. The predicted molar refractivity (Wildman–Crippen MR) is 116 cm³/mol. The molecule has 3 aromatic rings. The second kappa shape index (κ2) is 8.31. The number of nitrogens with two attached hydrogens (primary N) is 2. The summed E-state index contributed by atoms with van der Waals surface area (Å²) in [6.45, 7) is 3.61. The number of benzene rings is 1. The number of aromatic nitrogens is 4. The van der Waals surface area contributed by atoms with Gasteiger partial charge in [0.2, 0.25) is 0 Å². The van der Waals surface area contributed by atoms with Gasteiger partial charge in [-0.05, 0) is 43.2 Å². The average Bonchev–Trinajstić information content (AvgIpc) is 3.25. The van der Waals surface area contributed by atoms with Crippen molar-refractivity contribution < 1.29 is 9.13 Å². The van der Waals surface area contributed by atoms with Crippen LogP contribution in [0.2, 0.25) is 0 Å². The summed E-state index contributed by atoms with van der Waals surface area (Å²) in [5.74, 6) is 7.01. The number of allylic oxidation sites excluding steroid dienone is 1. The summed E-state index contributed by atoms with van der Waals surface area (Å²) in [6, 6.07) is 6.49. The lowest BCUT2D eigenvalue weighted by Crippen LogP contribution is -2.18. The van der Waals surface area contributed by atoms with E-state index in [-0.39, 0.29) is 11.7 Å². The zero-order valence-electron chi connectivity index (χ0n) is 17.3. The van der Waals surface area contributed by atoms with Gasteiger partial charge >= 0.3 is 0 Å². The van der Waals surface area contributed by atoms with Crippen molar-refractivity contribution in [2.24, 2.45) is 7.05 Å². The topological polar surface area (TPSA) is 96.9 Å². The normalized spacial score (nSPS) is 16.4. The minimum absolute atomic E-state index is 0.0366. The highest BCUT2D eigenvalue weighted by atomic mass is 19.1. The Balaban J connectivity index is 1.77. The molecular formula is C22H27FN6O. The molecule has 0 amide bonds. The molecular weight excluding hydrogens is 383 g/mol. The first-order valence-corrected chi connectivity index (χ1v) is 10.1. The summed E-state index contributed by atoms with van der Waals surface area (Å²) < 4.78 is 22.4. The lowest BCUT2D eigenvalue weighted by molar-refractivity contribution is 0.0835. The highest BCUT2D eigenvalue weighted by molar-refractivity contribution is 5.66. The number of hydrogen-bond acceptors (Lipinski definition) is 5. The van der Waals surface area contributed by atoms with Gasteiger partial charge < -0.3 is 16.3 Å². The molecule has 1 aliphatic rings. The van der Waals surface area contributed by atoms with Crippen molar-refractivity contribution in [3.63, 3.8) is 0 Å². The number of halogens is 1. The van der Waals surface area contributed by atoms with E-state index >= 15 is 0 Å². The molecule has 0 saturated carbocycles. The first kappa shape index (κ1) is 20.2. The molecule has 3 heterocycles. The fourth-order valence-electron chi connectivity index (χ4n) is 4.16. The van der Waals surface area contributed by atoms with E-state index in [1.165, 1.54) is 22.5 Å². The number of hydrogen-bond donors (Lipinski definition) is 2. The average molecular weight is 410 g/mol. The zero-order valence-corrected chi connectivity index (χ0v) is 17.3. The number of nitrogen functional groups attached to an aromatic ring is 2. The molecule has 1 aliphatic heterocycles. The molecule has 4 rings (SSSR count). The molecule has 1 unspecified atom stereocenters. The van der Waals surface area contributed by atoms with Crippen LogP contribution in [0.5, 0.6) is 0 Å². The number of ether oxygens (including phenoxy) is 1. The lowest BCUT2D eigenvalue weighted by Gasteiger charge is -2.24. The van der Waals surface area contributed by atoms with Gasteiger partial charge in [0, 0.05) is 48.9 Å². The Morgan fingerprint density at radius 3 is 2.57 bits per heavy atom. The molecule has 2 aromatic heterocycles. The Morgan fingerprint density at radius 1 is 1.23 bits per heavy atom. The molecule has 1 saturated heterocycles. The minimum Gasteiger partial charge on any atom is -0.382 e. The van der Waals surface area contributed by atoms with Crippen LogP contribution in [0.3, 0.4) is 0 Å². The molecule has 1 aromatic carbocycles. The van der Waals surface area contributed by atoms with Gasteiger partial charge in [0.15, 0.2) is 5.82 Å². The van der Waals surface area contributed by atoms with Crippen LogP contribution in [0, 0.1) is 5.82 Å². The van der Waals surface area contributed by atoms with E-state index in [2.05, 4.69) is 18.0 Å². The van der Waals surface area contributed by atoms with Crippen molar-refractivity contribution in [3.8, 4) is 11.3 Å². The van der Waals surface area contributed by atoms with E-state index < -0.39 is 0 Å². The van der Waals surface area contributed by atoms with Crippen LogP contribution in [-0.4, -0.2) is 32.7 Å². The number of imidazole rings is 1. The molecule has 8 heteroatoms. The maximum atomic E-state index is 13.5. The van der Waals surface area contributed by atoms with Crippen molar-refractivity contribution in [2.45, 2.75) is 31.6 Å². The van der Waals surface area contributed by atoms with E-state index in [1.54, 1.807) is 18.3 Å². The summed E-state index contributed by atoms with van der Waals surface area (Å²) in [4.78, 5) is 4.23. The quantitative estimate of drug-likeness (QED) is 0.628. The highest BCUT2D eigenvalue weighted by Gasteiger charge is 2.28. The fourth-order valence-corrected chi connectivity index (χ4v) is 4.16. The van der Waals surface area contributed by atoms with Gasteiger partial charge in [0.25, 0.3) is 0 Å². The van der Waals surface area contributed by atoms with E-state index in [9.17, 15) is 4.39 Å². The van der Waals surface area contributed by atoms with Crippen LogP contribution in [-0.2, 0) is 11.8 Å². The van der Waals surface area contributed by atoms with Crippen LogP contribution in [0.15, 0.2) is 36.5 Å². The monoisotopic (exact) mass is 410 g/mol. The Bertz CT molecular complexity index is 1050. The maximum absolute atomic E-state index is 13.5. The molecule has 0 radical (unpaired) electrons. The van der Waals surface area contributed by atoms with E-state index in [4.69, 9.17) is 21.4 Å². The molecule has 4 N–H and O–H groups in total. The molecule has 0 aliphatic carbocycles. The van der Waals surface area contributed by atoms with Crippen LogP contribution in [0.4, 0.5) is 10.2 Å². The van der Waals surface area contributed by atoms with Crippen LogP contribution >= 0.6 is 0 Å². The molecule has 1 fully saturated rings. The van der Waals surface area contributed by atoms with Gasteiger partial charge in [-0.15, -0.1) is 0 Å². The van der Waals surface area contributed by atoms with E-state index in [0.29, 0.717) is 17.6 Å². The third-order valence-corrected chi connectivity index (χ3v) is 5.62. The molecule has 158 valence electrons. The molecule has 0 spiro atoms. The molecule has 30 heavy (non-hydrogen) atoms. The van der Waals surface area contributed by atoms with Gasteiger partial charge in [0.1, 0.15) is 11.6 Å². The van der Waals surface area contributed by atoms with Gasteiger partial charge in [-0.3, -0.25) is 4.68 Å². The smallest absolute Gasteiger partial charge is 0.152 e. The maximum Gasteiger partial charge on any atom is 0.152 e. The number of anilines is 1. The Morgan fingerprint density at radius 2 is 1.93 bits per heavy atom. The first-order valence-electron chi connectivity index (χ1n) is 10.1. The molecule has 0 bridgehead atoms. The number of nitrogens with zero attached hydrogens (tertiary/aromatic N) is 4. The Kier molecular flexibility index (Phi) is 5.59. The van der Waals surface area contributed by atoms with Crippen molar-refractivity contribution >= 4 is 11.9 Å². The van der Waals surface area contributed by atoms with Crippen LogP contribution in [0.1, 0.15) is 48.7 Å².